The highest BCUT2D eigenvalue weighted by Gasteiger charge is 2.42. The maximum atomic E-state index is 12.5. The highest BCUT2D eigenvalue weighted by Crippen LogP contribution is 2.38. The molecule has 0 radical (unpaired) electrons. The molecule has 0 bridgehead atoms. The van der Waals surface area contributed by atoms with Gasteiger partial charge < -0.3 is 14.7 Å². The van der Waals surface area contributed by atoms with Crippen LogP contribution in [0.25, 0.3) is 0 Å². The maximum absolute atomic E-state index is 12.5. The molecule has 5 nitrogen and oxygen atoms in total. The third kappa shape index (κ3) is 3.67. The summed E-state index contributed by atoms with van der Waals surface area (Å²) in [7, 11) is 0. The number of hydrogen-bond acceptors (Lipinski definition) is 4. The van der Waals surface area contributed by atoms with Gasteiger partial charge in [-0.1, -0.05) is 36.8 Å². The Bertz CT molecular complexity index is 663. The summed E-state index contributed by atoms with van der Waals surface area (Å²) >= 11 is 0. The number of rotatable bonds is 7. The van der Waals surface area contributed by atoms with E-state index in [1.807, 2.05) is 45.0 Å². The molecule has 24 heavy (non-hydrogen) atoms. The third-order valence-electron chi connectivity index (χ3n) is 4.07. The van der Waals surface area contributed by atoms with Crippen LogP contribution in [-0.2, 0) is 14.3 Å². The van der Waals surface area contributed by atoms with Gasteiger partial charge in [-0.05, 0) is 26.3 Å². The van der Waals surface area contributed by atoms with Crippen LogP contribution in [0.4, 0.5) is 0 Å². The molecule has 1 heterocycles. The fourth-order valence-corrected chi connectivity index (χ4v) is 2.93. The molecule has 130 valence electrons. The Kier molecular flexibility index (Phi) is 5.78. The number of aliphatic hydroxyl groups is 1. The molecule has 1 aromatic carbocycles. The Morgan fingerprint density at radius 3 is 2.67 bits per heavy atom. The first kappa shape index (κ1) is 18.2. The molecule has 0 aromatic heterocycles. The van der Waals surface area contributed by atoms with Crippen molar-refractivity contribution in [3.8, 4) is 0 Å². The van der Waals surface area contributed by atoms with E-state index in [2.05, 4.69) is 0 Å². The highest BCUT2D eigenvalue weighted by atomic mass is 16.5. The van der Waals surface area contributed by atoms with Crippen molar-refractivity contribution < 1.29 is 19.4 Å². The first-order valence-electron chi connectivity index (χ1n) is 8.32. The van der Waals surface area contributed by atoms with Gasteiger partial charge in [0, 0.05) is 13.0 Å². The lowest BCUT2D eigenvalue weighted by atomic mass is 9.94. The summed E-state index contributed by atoms with van der Waals surface area (Å²) in [5, 5.41) is 10.3. The van der Waals surface area contributed by atoms with Crippen LogP contribution in [0.15, 0.2) is 35.6 Å². The van der Waals surface area contributed by atoms with Gasteiger partial charge in [-0.25, -0.2) is 0 Å². The van der Waals surface area contributed by atoms with Gasteiger partial charge in [0.2, 0.25) is 0 Å². The van der Waals surface area contributed by atoms with E-state index in [0.717, 1.165) is 11.1 Å². The number of Topliss-reactive ketones (excluding diaryl/α,β-unsaturated/α-hetero) is 1. The summed E-state index contributed by atoms with van der Waals surface area (Å²) in [4.78, 5) is 26.4. The number of ketones is 1. The van der Waals surface area contributed by atoms with Gasteiger partial charge in [-0.3, -0.25) is 9.59 Å². The average molecular weight is 331 g/mol. The van der Waals surface area contributed by atoms with E-state index in [-0.39, 0.29) is 23.9 Å². The highest BCUT2D eigenvalue weighted by molar-refractivity contribution is 6.08. The van der Waals surface area contributed by atoms with Crippen molar-refractivity contribution in [2.45, 2.75) is 46.3 Å². The number of aryl methyl sites for hydroxylation is 1. The van der Waals surface area contributed by atoms with Gasteiger partial charge in [-0.15, -0.1) is 0 Å². The second-order valence-corrected chi connectivity index (χ2v) is 6.27. The molecule has 1 aliphatic heterocycles. The van der Waals surface area contributed by atoms with Crippen LogP contribution in [0, 0.1) is 6.92 Å². The molecule has 0 aliphatic carbocycles. The number of nitrogens with zero attached hydrogens (tertiary/aromatic N) is 1. The van der Waals surface area contributed by atoms with Gasteiger partial charge in [0.1, 0.15) is 0 Å². The molecular formula is C19H25NO4. The topological polar surface area (TPSA) is 66.8 Å². The molecule has 1 N–H and O–H groups in total. The van der Waals surface area contributed by atoms with E-state index < -0.39 is 17.7 Å². The number of benzene rings is 1. The Hall–Kier alpha value is -2.14. The van der Waals surface area contributed by atoms with E-state index in [1.54, 1.807) is 6.92 Å². The normalized spacial score (nSPS) is 18.0. The summed E-state index contributed by atoms with van der Waals surface area (Å²) in [6.07, 6.45) is 0.295. The zero-order valence-corrected chi connectivity index (χ0v) is 14.7. The van der Waals surface area contributed by atoms with Crippen LogP contribution < -0.4 is 0 Å². The summed E-state index contributed by atoms with van der Waals surface area (Å²) in [6.45, 7) is 8.20. The summed E-state index contributed by atoms with van der Waals surface area (Å²) in [5.41, 5.74) is 2.06. The van der Waals surface area contributed by atoms with Crippen LogP contribution in [0.5, 0.6) is 0 Å². The molecule has 5 heteroatoms. The standard InChI is InChI=1S/C19H25NO4/c1-5-15(21)16-17(14-8-6-7-13(4)11-14)20(19(23)18(16)22)9-10-24-12(2)3/h6-8,11-12,17,22H,5,9-10H2,1-4H3. The molecule has 1 atom stereocenters. The van der Waals surface area contributed by atoms with E-state index in [1.165, 1.54) is 4.90 Å². The Balaban J connectivity index is 2.39. The van der Waals surface area contributed by atoms with Crippen LogP contribution in [0.2, 0.25) is 0 Å². The van der Waals surface area contributed by atoms with Crippen LogP contribution in [-0.4, -0.2) is 41.0 Å². The van der Waals surface area contributed by atoms with Gasteiger partial charge in [0.25, 0.3) is 5.91 Å². The second kappa shape index (κ2) is 7.62. The molecule has 1 amide bonds. The summed E-state index contributed by atoms with van der Waals surface area (Å²) < 4.78 is 5.54. The van der Waals surface area contributed by atoms with Crippen molar-refractivity contribution in [2.24, 2.45) is 0 Å². The molecule has 1 aliphatic rings. The minimum Gasteiger partial charge on any atom is -0.503 e. The minimum absolute atomic E-state index is 0.0541. The van der Waals surface area contributed by atoms with Crippen LogP contribution in [0.1, 0.15) is 44.4 Å². The zero-order chi connectivity index (χ0) is 17.9. The Morgan fingerprint density at radius 2 is 2.08 bits per heavy atom. The Morgan fingerprint density at radius 1 is 1.38 bits per heavy atom. The van der Waals surface area contributed by atoms with Crippen LogP contribution in [0.3, 0.4) is 0 Å². The molecule has 1 unspecified atom stereocenters. The number of ether oxygens (including phenoxy) is 1. The smallest absolute Gasteiger partial charge is 0.290 e. The van der Waals surface area contributed by atoms with Crippen LogP contribution >= 0.6 is 0 Å². The predicted octanol–water partition coefficient (Wildman–Crippen LogP) is 3.09. The van der Waals surface area contributed by atoms with Gasteiger partial charge >= 0.3 is 0 Å². The molecular weight excluding hydrogens is 306 g/mol. The fourth-order valence-electron chi connectivity index (χ4n) is 2.93. The molecule has 0 saturated carbocycles. The SMILES string of the molecule is CCC(=O)C1=C(O)C(=O)N(CCOC(C)C)C1c1cccc(C)c1. The monoisotopic (exact) mass is 331 g/mol. The Labute approximate surface area is 142 Å². The fraction of sp³-hybridized carbons (Fsp3) is 0.474. The number of amides is 1. The van der Waals surface area contributed by atoms with Crippen molar-refractivity contribution in [1.82, 2.24) is 4.90 Å². The van der Waals surface area contributed by atoms with E-state index in [0.29, 0.717) is 13.2 Å². The summed E-state index contributed by atoms with van der Waals surface area (Å²) in [5.74, 6) is -1.15. The predicted molar refractivity (Wildman–Crippen MR) is 91.7 cm³/mol. The van der Waals surface area contributed by atoms with Crippen molar-refractivity contribution in [3.63, 3.8) is 0 Å². The van der Waals surface area contributed by atoms with E-state index in [4.69, 9.17) is 4.74 Å². The number of aliphatic hydroxyl groups excluding tert-OH is 1. The quantitative estimate of drug-likeness (QED) is 0.834. The number of carbonyl (C=O) groups excluding carboxylic acids is 2. The van der Waals surface area contributed by atoms with Gasteiger partial charge in [0.05, 0.1) is 24.3 Å². The van der Waals surface area contributed by atoms with Crippen molar-refractivity contribution >= 4 is 11.7 Å². The van der Waals surface area contributed by atoms with E-state index >= 15 is 0 Å². The first-order valence-corrected chi connectivity index (χ1v) is 8.32. The lowest BCUT2D eigenvalue weighted by Crippen LogP contribution is -2.34. The average Bonchev–Trinajstić information content (AvgIpc) is 2.78. The minimum atomic E-state index is -0.555. The molecule has 0 saturated heterocycles. The number of hydrogen-bond donors (Lipinski definition) is 1. The van der Waals surface area contributed by atoms with Crippen molar-refractivity contribution in [1.29, 1.82) is 0 Å². The second-order valence-electron chi connectivity index (χ2n) is 6.27. The lowest BCUT2D eigenvalue weighted by Gasteiger charge is -2.27. The molecule has 2 rings (SSSR count). The third-order valence-corrected chi connectivity index (χ3v) is 4.07. The summed E-state index contributed by atoms with van der Waals surface area (Å²) in [6, 6.07) is 7.11. The lowest BCUT2D eigenvalue weighted by molar-refractivity contribution is -0.130. The van der Waals surface area contributed by atoms with E-state index in [9.17, 15) is 14.7 Å². The zero-order valence-electron chi connectivity index (χ0n) is 14.7. The largest absolute Gasteiger partial charge is 0.503 e. The van der Waals surface area contributed by atoms with Crippen molar-refractivity contribution in [2.75, 3.05) is 13.2 Å². The first-order chi connectivity index (χ1) is 11.4. The van der Waals surface area contributed by atoms with Gasteiger partial charge in [-0.2, -0.15) is 0 Å². The van der Waals surface area contributed by atoms with Crippen molar-refractivity contribution in [3.05, 3.63) is 46.7 Å². The number of carbonyl (C=O) groups is 2. The maximum Gasteiger partial charge on any atom is 0.290 e. The van der Waals surface area contributed by atoms with Gasteiger partial charge in [0.15, 0.2) is 11.5 Å². The molecule has 1 aromatic rings. The molecule has 0 spiro atoms. The molecule has 0 fully saturated rings.